The lowest BCUT2D eigenvalue weighted by Crippen LogP contribution is -2.14. The second kappa shape index (κ2) is 6.99. The number of H-pyrrole nitrogens is 1. The maximum atomic E-state index is 12.3. The van der Waals surface area contributed by atoms with Gasteiger partial charge in [-0.15, -0.1) is 0 Å². The Bertz CT molecular complexity index is 869. The number of para-hydroxylation sites is 2. The van der Waals surface area contributed by atoms with Crippen LogP contribution in [0.1, 0.15) is 28.2 Å². The number of carbonyl (C=O) groups is 2. The monoisotopic (exact) mass is 439 g/mol. The summed E-state index contributed by atoms with van der Waals surface area (Å²) in [4.78, 5) is 35.5. The topological polar surface area (TPSA) is 102 Å². The van der Waals surface area contributed by atoms with E-state index in [1.165, 1.54) is 0 Å². The van der Waals surface area contributed by atoms with Gasteiger partial charge in [-0.1, -0.05) is 34.7 Å². The Labute approximate surface area is 150 Å². The number of amides is 1. The number of halogens is 1. The van der Waals surface area contributed by atoms with Crippen LogP contribution in [0.3, 0.4) is 0 Å². The van der Waals surface area contributed by atoms with Crippen LogP contribution in [0, 0.1) is 0 Å². The van der Waals surface area contributed by atoms with E-state index in [0.717, 1.165) is 5.52 Å². The molecule has 0 aliphatic rings. The Morgan fingerprint density at radius 3 is 2.83 bits per heavy atom. The number of rotatable bonds is 5. The predicted octanol–water partition coefficient (Wildman–Crippen LogP) is 2.58. The molecule has 1 aromatic carbocycles. The molecule has 0 saturated carbocycles. The van der Waals surface area contributed by atoms with E-state index in [0.29, 0.717) is 10.1 Å². The van der Waals surface area contributed by atoms with Gasteiger partial charge in [-0.25, -0.2) is 14.8 Å². The van der Waals surface area contributed by atoms with Gasteiger partial charge in [0.15, 0.2) is 11.6 Å². The first-order chi connectivity index (χ1) is 11.6. The van der Waals surface area contributed by atoms with Crippen molar-refractivity contribution in [3.8, 4) is 0 Å². The lowest BCUT2D eigenvalue weighted by Gasteiger charge is -2.01. The van der Waals surface area contributed by atoms with Crippen molar-refractivity contribution in [3.63, 3.8) is 0 Å². The van der Waals surface area contributed by atoms with Crippen molar-refractivity contribution < 1.29 is 14.3 Å². The van der Waals surface area contributed by atoms with Crippen LogP contribution in [-0.2, 0) is 9.29 Å². The zero-order valence-electron chi connectivity index (χ0n) is 12.7. The Balaban J connectivity index is 1.82. The van der Waals surface area contributed by atoms with E-state index < -0.39 is 11.9 Å². The highest BCUT2D eigenvalue weighted by Gasteiger charge is 2.19. The summed E-state index contributed by atoms with van der Waals surface area (Å²) >= 11 is 2.09. The van der Waals surface area contributed by atoms with Crippen molar-refractivity contribution in [1.29, 1.82) is 0 Å². The van der Waals surface area contributed by atoms with Crippen LogP contribution in [0.25, 0.3) is 11.0 Å². The third-order valence-electron chi connectivity index (χ3n) is 3.21. The standard InChI is InChI=1S/C15H14IN5O3/c1-2-24-15(23)13-19-11(7-21(13)8-16)20-14(22)12-17-9-5-3-4-6-10(9)18-12/h3-7H,2,8H2,1H3,(H,17,18)(H,20,22). The molecule has 24 heavy (non-hydrogen) atoms. The molecule has 2 heterocycles. The van der Waals surface area contributed by atoms with Crippen molar-refractivity contribution >= 4 is 51.3 Å². The zero-order chi connectivity index (χ0) is 17.1. The molecule has 0 unspecified atom stereocenters. The zero-order valence-corrected chi connectivity index (χ0v) is 14.9. The number of aromatic amines is 1. The maximum absolute atomic E-state index is 12.3. The number of carbonyl (C=O) groups excluding carboxylic acids is 2. The minimum atomic E-state index is -0.529. The fraction of sp³-hybridized carbons (Fsp3) is 0.200. The molecule has 124 valence electrons. The third kappa shape index (κ3) is 3.25. The van der Waals surface area contributed by atoms with Crippen molar-refractivity contribution in [2.75, 3.05) is 11.9 Å². The van der Waals surface area contributed by atoms with Crippen LogP contribution in [0.5, 0.6) is 0 Å². The lowest BCUT2D eigenvalue weighted by molar-refractivity contribution is 0.0508. The third-order valence-corrected chi connectivity index (χ3v) is 3.94. The number of aromatic nitrogens is 4. The summed E-state index contributed by atoms with van der Waals surface area (Å²) < 4.78 is 7.06. The predicted molar refractivity (Wildman–Crippen MR) is 96.3 cm³/mol. The van der Waals surface area contributed by atoms with Crippen LogP contribution in [-0.4, -0.2) is 38.0 Å². The molecule has 0 spiro atoms. The summed E-state index contributed by atoms with van der Waals surface area (Å²) in [5.74, 6) is -0.373. The van der Waals surface area contributed by atoms with Crippen molar-refractivity contribution in [1.82, 2.24) is 19.5 Å². The number of ether oxygens (including phenoxy) is 1. The molecule has 0 atom stereocenters. The molecule has 9 heteroatoms. The number of alkyl halides is 1. The average molecular weight is 439 g/mol. The minimum Gasteiger partial charge on any atom is -0.460 e. The number of nitrogens with one attached hydrogen (secondary N) is 2. The van der Waals surface area contributed by atoms with E-state index in [1.807, 2.05) is 24.3 Å². The van der Waals surface area contributed by atoms with Gasteiger partial charge in [0.05, 0.1) is 22.2 Å². The van der Waals surface area contributed by atoms with Crippen LogP contribution in [0.2, 0.25) is 0 Å². The Hall–Kier alpha value is -2.43. The summed E-state index contributed by atoms with van der Waals surface area (Å²) in [5, 5.41) is 2.64. The second-order valence-electron chi connectivity index (χ2n) is 4.82. The summed E-state index contributed by atoms with van der Waals surface area (Å²) in [6, 6.07) is 7.35. The van der Waals surface area contributed by atoms with Crippen molar-refractivity contribution in [2.24, 2.45) is 0 Å². The number of nitrogens with zero attached hydrogens (tertiary/aromatic N) is 3. The number of esters is 1. The first-order valence-electron chi connectivity index (χ1n) is 7.18. The van der Waals surface area contributed by atoms with Gasteiger partial charge in [0.25, 0.3) is 5.91 Å². The van der Waals surface area contributed by atoms with E-state index in [2.05, 4.69) is 42.9 Å². The van der Waals surface area contributed by atoms with Crippen LogP contribution < -0.4 is 5.32 Å². The highest BCUT2D eigenvalue weighted by Crippen LogP contribution is 2.14. The number of imidazole rings is 2. The quantitative estimate of drug-likeness (QED) is 0.362. The Kier molecular flexibility index (Phi) is 4.79. The normalized spacial score (nSPS) is 10.8. The van der Waals surface area contributed by atoms with Gasteiger partial charge in [0.2, 0.25) is 5.82 Å². The summed E-state index contributed by atoms with van der Waals surface area (Å²) in [7, 11) is 0. The smallest absolute Gasteiger partial charge is 0.374 e. The van der Waals surface area contributed by atoms with Gasteiger partial charge in [0, 0.05) is 6.20 Å². The van der Waals surface area contributed by atoms with Crippen molar-refractivity contribution in [3.05, 3.63) is 42.1 Å². The van der Waals surface area contributed by atoms with Gasteiger partial charge >= 0.3 is 5.97 Å². The first kappa shape index (κ1) is 16.4. The van der Waals surface area contributed by atoms with Crippen LogP contribution >= 0.6 is 22.6 Å². The van der Waals surface area contributed by atoms with E-state index in [-0.39, 0.29) is 24.1 Å². The molecule has 3 aromatic rings. The second-order valence-corrected chi connectivity index (χ2v) is 5.50. The van der Waals surface area contributed by atoms with E-state index >= 15 is 0 Å². The SMILES string of the molecule is CCOC(=O)c1nc(NC(=O)c2nc3ccccc3[nH]2)cn1CI. The molecule has 2 aromatic heterocycles. The Morgan fingerprint density at radius 2 is 2.12 bits per heavy atom. The highest BCUT2D eigenvalue weighted by molar-refractivity contribution is 14.1. The molecule has 0 radical (unpaired) electrons. The summed E-state index contributed by atoms with van der Waals surface area (Å²) in [6.45, 7) is 1.98. The molecule has 0 fully saturated rings. The molecule has 1 amide bonds. The van der Waals surface area contributed by atoms with E-state index in [1.54, 1.807) is 17.7 Å². The summed E-state index contributed by atoms with van der Waals surface area (Å²) in [6.07, 6.45) is 1.58. The van der Waals surface area contributed by atoms with Crippen LogP contribution in [0.15, 0.2) is 30.5 Å². The maximum Gasteiger partial charge on any atom is 0.374 e. The Morgan fingerprint density at radius 1 is 1.33 bits per heavy atom. The minimum absolute atomic E-state index is 0.145. The number of hydrogen-bond acceptors (Lipinski definition) is 5. The lowest BCUT2D eigenvalue weighted by atomic mass is 10.3. The largest absolute Gasteiger partial charge is 0.460 e. The number of hydrogen-bond donors (Lipinski definition) is 2. The fourth-order valence-electron chi connectivity index (χ4n) is 2.16. The van der Waals surface area contributed by atoms with Gasteiger partial charge in [-0.05, 0) is 19.1 Å². The average Bonchev–Trinajstić information content (AvgIpc) is 3.18. The van der Waals surface area contributed by atoms with Crippen molar-refractivity contribution in [2.45, 2.75) is 11.5 Å². The molecule has 0 aliphatic heterocycles. The van der Waals surface area contributed by atoms with Gasteiger partial charge in [-0.3, -0.25) is 4.79 Å². The molecule has 0 saturated heterocycles. The molecule has 0 bridgehead atoms. The molecular weight excluding hydrogens is 425 g/mol. The first-order valence-corrected chi connectivity index (χ1v) is 8.71. The van der Waals surface area contributed by atoms with Gasteiger partial charge in [-0.2, -0.15) is 0 Å². The van der Waals surface area contributed by atoms with E-state index in [9.17, 15) is 9.59 Å². The van der Waals surface area contributed by atoms with E-state index in [4.69, 9.17) is 4.74 Å². The number of fused-ring (bicyclic) bond motifs is 1. The van der Waals surface area contributed by atoms with Crippen LogP contribution in [0.4, 0.5) is 5.82 Å². The molecular formula is C15H14IN5O3. The molecule has 8 nitrogen and oxygen atoms in total. The number of benzene rings is 1. The molecule has 2 N–H and O–H groups in total. The summed E-state index contributed by atoms with van der Waals surface area (Å²) in [5.41, 5.74) is 1.47. The fourth-order valence-corrected chi connectivity index (χ4v) is 2.68. The molecule has 0 aliphatic carbocycles. The molecule has 3 rings (SSSR count). The van der Waals surface area contributed by atoms with Gasteiger partial charge in [0.1, 0.15) is 0 Å². The highest BCUT2D eigenvalue weighted by atomic mass is 127. The van der Waals surface area contributed by atoms with Gasteiger partial charge < -0.3 is 19.6 Å². The number of anilines is 1.